The van der Waals surface area contributed by atoms with Gasteiger partial charge in [-0.1, -0.05) is 6.92 Å². The standard InChI is InChI=1S/C7H13N3O2S2/c1-2-14(12)4-3-10-6(5-11)8-9-7(10)13/h11H,2-5H2,1H3,(H,9,13). The molecule has 1 rings (SSSR count). The van der Waals surface area contributed by atoms with Crippen molar-refractivity contribution in [1.82, 2.24) is 14.8 Å². The lowest BCUT2D eigenvalue weighted by Crippen LogP contribution is -2.11. The van der Waals surface area contributed by atoms with Gasteiger partial charge in [-0.2, -0.15) is 5.10 Å². The summed E-state index contributed by atoms with van der Waals surface area (Å²) in [5.41, 5.74) is 0. The molecule has 80 valence electrons. The van der Waals surface area contributed by atoms with Crippen LogP contribution in [0.2, 0.25) is 0 Å². The third-order valence-electron chi connectivity index (χ3n) is 1.84. The molecule has 0 aliphatic heterocycles. The van der Waals surface area contributed by atoms with E-state index in [2.05, 4.69) is 10.2 Å². The van der Waals surface area contributed by atoms with Gasteiger partial charge in [-0.05, 0) is 12.2 Å². The number of aromatic amines is 1. The van der Waals surface area contributed by atoms with Crippen LogP contribution in [-0.2, 0) is 24.0 Å². The number of H-pyrrole nitrogens is 1. The normalized spacial score (nSPS) is 13.0. The Bertz CT molecular complexity index is 371. The van der Waals surface area contributed by atoms with Crippen molar-refractivity contribution in [2.75, 3.05) is 11.5 Å². The zero-order chi connectivity index (χ0) is 10.6. The Morgan fingerprint density at radius 1 is 1.71 bits per heavy atom. The lowest BCUT2D eigenvalue weighted by molar-refractivity contribution is 0.265. The molecule has 0 radical (unpaired) electrons. The first kappa shape index (κ1) is 11.5. The van der Waals surface area contributed by atoms with Crippen LogP contribution in [0, 0.1) is 4.77 Å². The summed E-state index contributed by atoms with van der Waals surface area (Å²) in [5, 5.41) is 15.4. The van der Waals surface area contributed by atoms with E-state index in [-0.39, 0.29) is 6.61 Å². The monoisotopic (exact) mass is 235 g/mol. The molecule has 1 aromatic heterocycles. The summed E-state index contributed by atoms with van der Waals surface area (Å²) in [6.07, 6.45) is 0. The summed E-state index contributed by atoms with van der Waals surface area (Å²) in [6.45, 7) is 2.25. The second kappa shape index (κ2) is 5.38. The van der Waals surface area contributed by atoms with Gasteiger partial charge in [0.05, 0.1) is 0 Å². The van der Waals surface area contributed by atoms with Gasteiger partial charge in [0, 0.05) is 28.9 Å². The molecular formula is C7H13N3O2S2. The summed E-state index contributed by atoms with van der Waals surface area (Å²) in [5.74, 6) is 1.67. The lowest BCUT2D eigenvalue weighted by atomic mass is 10.6. The van der Waals surface area contributed by atoms with Crippen molar-refractivity contribution in [3.8, 4) is 0 Å². The predicted octanol–water partition coefficient (Wildman–Crippen LogP) is 0.202. The van der Waals surface area contributed by atoms with E-state index in [1.165, 1.54) is 0 Å². The molecule has 0 fully saturated rings. The quantitative estimate of drug-likeness (QED) is 0.715. The Morgan fingerprint density at radius 3 is 3.00 bits per heavy atom. The fourth-order valence-corrected chi connectivity index (χ4v) is 1.96. The molecule has 0 amide bonds. The van der Waals surface area contributed by atoms with Gasteiger partial charge in [-0.3, -0.25) is 9.31 Å². The average Bonchev–Trinajstić information content (AvgIpc) is 2.55. The van der Waals surface area contributed by atoms with Gasteiger partial charge in [0.15, 0.2) is 10.6 Å². The van der Waals surface area contributed by atoms with E-state index >= 15 is 0 Å². The van der Waals surface area contributed by atoms with Crippen molar-refractivity contribution in [3.63, 3.8) is 0 Å². The molecule has 0 saturated carbocycles. The highest BCUT2D eigenvalue weighted by Crippen LogP contribution is 1.98. The van der Waals surface area contributed by atoms with E-state index in [1.807, 2.05) is 6.92 Å². The Balaban J connectivity index is 2.70. The first-order valence-corrected chi connectivity index (χ1v) is 6.18. The summed E-state index contributed by atoms with van der Waals surface area (Å²) >= 11 is 4.96. The highest BCUT2D eigenvalue weighted by molar-refractivity contribution is 7.84. The topological polar surface area (TPSA) is 70.9 Å². The molecule has 0 aliphatic rings. The number of rotatable bonds is 5. The summed E-state index contributed by atoms with van der Waals surface area (Å²) in [6, 6.07) is 0. The number of aromatic nitrogens is 3. The molecule has 0 aliphatic carbocycles. The molecular weight excluding hydrogens is 222 g/mol. The molecule has 1 atom stereocenters. The Labute approximate surface area is 89.6 Å². The van der Waals surface area contributed by atoms with Crippen LogP contribution in [0.5, 0.6) is 0 Å². The van der Waals surface area contributed by atoms with E-state index < -0.39 is 10.8 Å². The first-order valence-electron chi connectivity index (χ1n) is 4.29. The zero-order valence-corrected chi connectivity index (χ0v) is 9.53. The van der Waals surface area contributed by atoms with Crippen molar-refractivity contribution < 1.29 is 9.32 Å². The molecule has 0 bridgehead atoms. The Morgan fingerprint density at radius 2 is 2.43 bits per heavy atom. The van der Waals surface area contributed by atoms with Crippen LogP contribution in [0.1, 0.15) is 12.7 Å². The van der Waals surface area contributed by atoms with Crippen LogP contribution in [0.15, 0.2) is 0 Å². The third-order valence-corrected chi connectivity index (χ3v) is 3.44. The summed E-state index contributed by atoms with van der Waals surface area (Å²) in [7, 11) is -0.821. The SMILES string of the molecule is CCS(=O)CCn1c(CO)n[nH]c1=S. The molecule has 2 N–H and O–H groups in total. The molecule has 1 aromatic rings. The highest BCUT2D eigenvalue weighted by atomic mass is 32.2. The van der Waals surface area contributed by atoms with E-state index in [1.54, 1.807) is 4.57 Å². The van der Waals surface area contributed by atoms with E-state index in [0.717, 1.165) is 0 Å². The molecule has 7 heteroatoms. The second-order valence-electron chi connectivity index (χ2n) is 2.69. The molecule has 0 spiro atoms. The van der Waals surface area contributed by atoms with Gasteiger partial charge in [0.2, 0.25) is 0 Å². The smallest absolute Gasteiger partial charge is 0.195 e. The summed E-state index contributed by atoms with van der Waals surface area (Å²) in [4.78, 5) is 0. The maximum Gasteiger partial charge on any atom is 0.195 e. The Hall–Kier alpha value is -0.530. The van der Waals surface area contributed by atoms with Gasteiger partial charge >= 0.3 is 0 Å². The fourth-order valence-electron chi connectivity index (χ4n) is 1.04. The minimum atomic E-state index is -0.821. The molecule has 1 heterocycles. The number of nitrogens with one attached hydrogen (secondary N) is 1. The Kier molecular flexibility index (Phi) is 4.43. The number of hydrogen-bond acceptors (Lipinski definition) is 4. The number of hydrogen-bond donors (Lipinski definition) is 2. The minimum absolute atomic E-state index is 0.161. The van der Waals surface area contributed by atoms with Crippen LogP contribution in [0.4, 0.5) is 0 Å². The average molecular weight is 235 g/mol. The van der Waals surface area contributed by atoms with Crippen molar-refractivity contribution in [3.05, 3.63) is 10.6 Å². The molecule has 14 heavy (non-hydrogen) atoms. The van der Waals surface area contributed by atoms with Gasteiger partial charge < -0.3 is 9.67 Å². The van der Waals surface area contributed by atoms with Gasteiger partial charge in [0.25, 0.3) is 0 Å². The van der Waals surface area contributed by atoms with Crippen LogP contribution in [0.25, 0.3) is 0 Å². The van der Waals surface area contributed by atoms with Crippen molar-refractivity contribution in [1.29, 1.82) is 0 Å². The maximum absolute atomic E-state index is 11.2. The molecule has 5 nitrogen and oxygen atoms in total. The van der Waals surface area contributed by atoms with Crippen LogP contribution >= 0.6 is 12.2 Å². The summed E-state index contributed by atoms with van der Waals surface area (Å²) < 4.78 is 13.3. The molecule has 1 unspecified atom stereocenters. The van der Waals surface area contributed by atoms with Gasteiger partial charge in [0.1, 0.15) is 6.61 Å². The van der Waals surface area contributed by atoms with Crippen molar-refractivity contribution in [2.24, 2.45) is 0 Å². The zero-order valence-electron chi connectivity index (χ0n) is 7.89. The number of nitrogens with zero attached hydrogens (tertiary/aromatic N) is 2. The largest absolute Gasteiger partial charge is 0.388 e. The maximum atomic E-state index is 11.2. The first-order chi connectivity index (χ1) is 6.69. The minimum Gasteiger partial charge on any atom is -0.388 e. The molecule has 0 saturated heterocycles. The van der Waals surface area contributed by atoms with E-state index in [4.69, 9.17) is 17.3 Å². The highest BCUT2D eigenvalue weighted by Gasteiger charge is 2.05. The van der Waals surface area contributed by atoms with Crippen LogP contribution in [-0.4, -0.2) is 35.6 Å². The van der Waals surface area contributed by atoms with Crippen LogP contribution in [0.3, 0.4) is 0 Å². The van der Waals surface area contributed by atoms with Crippen LogP contribution < -0.4 is 0 Å². The lowest BCUT2D eigenvalue weighted by Gasteiger charge is -2.03. The molecule has 0 aromatic carbocycles. The van der Waals surface area contributed by atoms with E-state index in [0.29, 0.717) is 28.6 Å². The fraction of sp³-hybridized carbons (Fsp3) is 0.714. The number of aliphatic hydroxyl groups is 1. The van der Waals surface area contributed by atoms with Crippen molar-refractivity contribution >= 4 is 23.0 Å². The second-order valence-corrected chi connectivity index (χ2v) is 4.94. The number of aliphatic hydroxyl groups excluding tert-OH is 1. The van der Waals surface area contributed by atoms with Crippen molar-refractivity contribution in [2.45, 2.75) is 20.1 Å². The van der Waals surface area contributed by atoms with Gasteiger partial charge in [-0.15, -0.1) is 0 Å². The third kappa shape index (κ3) is 2.73. The predicted molar refractivity (Wildman–Crippen MR) is 56.9 cm³/mol. The van der Waals surface area contributed by atoms with E-state index in [9.17, 15) is 4.21 Å². The van der Waals surface area contributed by atoms with Gasteiger partial charge in [-0.25, -0.2) is 0 Å².